The fraction of sp³-hybridized carbons (Fsp3) is 0.111. The Bertz CT molecular complexity index is 1020. The van der Waals surface area contributed by atoms with Gasteiger partial charge < -0.3 is 5.11 Å². The molecule has 27 heavy (non-hydrogen) atoms. The van der Waals surface area contributed by atoms with Gasteiger partial charge in [0.1, 0.15) is 5.75 Å². The number of aromatic hydroxyl groups is 1. The van der Waals surface area contributed by atoms with E-state index in [1.54, 1.807) is 19.1 Å². The van der Waals surface area contributed by atoms with Gasteiger partial charge in [-0.15, -0.1) is 0 Å². The molecule has 0 fully saturated rings. The number of amides is 1. The van der Waals surface area contributed by atoms with E-state index in [1.165, 1.54) is 18.2 Å². The first-order chi connectivity index (χ1) is 12.6. The predicted molar refractivity (Wildman–Crippen MR) is 101 cm³/mol. The number of aryl methyl sites for hydroxylation is 1. The van der Waals surface area contributed by atoms with Crippen molar-refractivity contribution < 1.29 is 23.1 Å². The number of thiazole rings is 1. The van der Waals surface area contributed by atoms with Crippen LogP contribution in [0.5, 0.6) is 5.75 Å². The first kappa shape index (κ1) is 19.4. The van der Waals surface area contributed by atoms with Crippen molar-refractivity contribution in [1.29, 1.82) is 0 Å². The maximum absolute atomic E-state index is 12.9. The van der Waals surface area contributed by atoms with E-state index in [9.17, 15) is 23.1 Å². The van der Waals surface area contributed by atoms with Crippen LogP contribution in [0.1, 0.15) is 21.6 Å². The summed E-state index contributed by atoms with van der Waals surface area (Å²) in [6, 6.07) is 9.35. The first-order valence-electron chi connectivity index (χ1n) is 7.60. The summed E-state index contributed by atoms with van der Waals surface area (Å²) in [5.41, 5.74) is 0.161. The molecule has 3 rings (SSSR count). The van der Waals surface area contributed by atoms with Gasteiger partial charge in [0.05, 0.1) is 21.7 Å². The molecule has 0 aliphatic rings. The van der Waals surface area contributed by atoms with Gasteiger partial charge in [-0.1, -0.05) is 39.4 Å². The number of halogens is 4. The summed E-state index contributed by atoms with van der Waals surface area (Å²) in [4.78, 5) is 17.1. The summed E-state index contributed by atoms with van der Waals surface area (Å²) < 4.78 is 39.4. The number of rotatable bonds is 3. The van der Waals surface area contributed by atoms with Gasteiger partial charge in [0, 0.05) is 4.47 Å². The van der Waals surface area contributed by atoms with Crippen molar-refractivity contribution in [3.8, 4) is 16.2 Å². The Morgan fingerprint density at radius 2 is 1.96 bits per heavy atom. The molecule has 0 bridgehead atoms. The Labute approximate surface area is 164 Å². The summed E-state index contributed by atoms with van der Waals surface area (Å²) in [6.07, 6.45) is -4.44. The molecule has 0 aliphatic carbocycles. The molecule has 1 heterocycles. The Balaban J connectivity index is 1.89. The van der Waals surface area contributed by atoms with Gasteiger partial charge >= 0.3 is 6.18 Å². The van der Waals surface area contributed by atoms with E-state index in [2.05, 4.69) is 26.2 Å². The molecule has 140 valence electrons. The third kappa shape index (κ3) is 4.30. The van der Waals surface area contributed by atoms with E-state index in [0.29, 0.717) is 20.6 Å². The number of nitrogens with zero attached hydrogens (tertiary/aromatic N) is 1. The van der Waals surface area contributed by atoms with Gasteiger partial charge in [-0.3, -0.25) is 10.1 Å². The number of nitrogens with one attached hydrogen (secondary N) is 1. The minimum atomic E-state index is -4.44. The number of carbonyl (C=O) groups is 1. The number of hydrogen-bond acceptors (Lipinski definition) is 4. The number of benzene rings is 2. The van der Waals surface area contributed by atoms with Crippen LogP contribution in [-0.4, -0.2) is 16.0 Å². The van der Waals surface area contributed by atoms with E-state index in [0.717, 1.165) is 23.5 Å². The number of carbonyl (C=O) groups excluding carboxylic acids is 1. The van der Waals surface area contributed by atoms with Crippen LogP contribution in [0.2, 0.25) is 0 Å². The molecule has 9 heteroatoms. The molecule has 0 atom stereocenters. The van der Waals surface area contributed by atoms with Crippen molar-refractivity contribution in [3.05, 3.63) is 63.8 Å². The van der Waals surface area contributed by atoms with Crippen molar-refractivity contribution in [2.75, 3.05) is 5.32 Å². The second-order valence-corrected chi connectivity index (χ2v) is 7.54. The molecule has 0 spiro atoms. The molecule has 0 radical (unpaired) electrons. The third-order valence-electron chi connectivity index (χ3n) is 3.67. The lowest BCUT2D eigenvalue weighted by Gasteiger charge is -2.08. The van der Waals surface area contributed by atoms with Crippen molar-refractivity contribution in [2.45, 2.75) is 13.1 Å². The highest BCUT2D eigenvalue weighted by Gasteiger charge is 2.30. The van der Waals surface area contributed by atoms with Crippen LogP contribution >= 0.6 is 27.3 Å². The molecule has 2 N–H and O–H groups in total. The Kier molecular flexibility index (Phi) is 5.25. The number of aromatic nitrogens is 1. The Morgan fingerprint density at radius 1 is 1.22 bits per heavy atom. The third-order valence-corrected chi connectivity index (χ3v) is 5.29. The van der Waals surface area contributed by atoms with E-state index in [-0.39, 0.29) is 16.4 Å². The number of phenolic OH excluding ortho intramolecular Hbond substituents is 1. The van der Waals surface area contributed by atoms with Crippen LogP contribution in [-0.2, 0) is 6.18 Å². The molecule has 0 saturated carbocycles. The standard InChI is InChI=1S/C18H12BrF3N2O2S/c1-9-15(10-3-2-4-11(7-10)18(20,21)22)27-17(23-9)24-16(26)13-8-12(19)5-6-14(13)25/h2-8,25H,1H3,(H,23,24,26). The van der Waals surface area contributed by atoms with E-state index >= 15 is 0 Å². The molecule has 3 aromatic rings. The molecule has 1 amide bonds. The molecule has 0 aliphatic heterocycles. The summed E-state index contributed by atoms with van der Waals surface area (Å²) in [5, 5.41) is 12.6. The van der Waals surface area contributed by atoms with Crippen LogP contribution in [0.4, 0.5) is 18.3 Å². The Hall–Kier alpha value is -2.39. The van der Waals surface area contributed by atoms with Crippen LogP contribution in [0.25, 0.3) is 10.4 Å². The molecular formula is C18H12BrF3N2O2S. The van der Waals surface area contributed by atoms with Crippen molar-refractivity contribution >= 4 is 38.3 Å². The zero-order chi connectivity index (χ0) is 19.8. The van der Waals surface area contributed by atoms with E-state index in [1.807, 2.05) is 0 Å². The normalized spacial score (nSPS) is 11.4. The molecule has 2 aromatic carbocycles. The highest BCUT2D eigenvalue weighted by Crippen LogP contribution is 2.37. The van der Waals surface area contributed by atoms with Gasteiger partial charge in [0.2, 0.25) is 0 Å². The lowest BCUT2D eigenvalue weighted by molar-refractivity contribution is -0.137. The number of hydrogen-bond donors (Lipinski definition) is 2. The zero-order valence-electron chi connectivity index (χ0n) is 13.8. The van der Waals surface area contributed by atoms with Crippen molar-refractivity contribution in [1.82, 2.24) is 4.98 Å². The summed E-state index contributed by atoms with van der Waals surface area (Å²) in [7, 11) is 0. The van der Waals surface area contributed by atoms with E-state index < -0.39 is 17.6 Å². The minimum absolute atomic E-state index is 0.0536. The quantitative estimate of drug-likeness (QED) is 0.518. The summed E-state index contributed by atoms with van der Waals surface area (Å²) in [5.74, 6) is -0.764. The molecule has 4 nitrogen and oxygen atoms in total. The SMILES string of the molecule is Cc1nc(NC(=O)c2cc(Br)ccc2O)sc1-c1cccc(C(F)(F)F)c1. The topological polar surface area (TPSA) is 62.2 Å². The lowest BCUT2D eigenvalue weighted by atomic mass is 10.1. The smallest absolute Gasteiger partial charge is 0.416 e. The van der Waals surface area contributed by atoms with Gasteiger partial charge in [-0.2, -0.15) is 13.2 Å². The summed E-state index contributed by atoms with van der Waals surface area (Å²) >= 11 is 4.28. The van der Waals surface area contributed by atoms with Crippen LogP contribution < -0.4 is 5.32 Å². The largest absolute Gasteiger partial charge is 0.507 e. The average Bonchev–Trinajstić information content (AvgIpc) is 2.96. The van der Waals surface area contributed by atoms with Crippen LogP contribution in [0.3, 0.4) is 0 Å². The highest BCUT2D eigenvalue weighted by atomic mass is 79.9. The minimum Gasteiger partial charge on any atom is -0.507 e. The second kappa shape index (κ2) is 7.32. The highest BCUT2D eigenvalue weighted by molar-refractivity contribution is 9.10. The van der Waals surface area contributed by atoms with E-state index in [4.69, 9.17) is 0 Å². The van der Waals surface area contributed by atoms with Gasteiger partial charge in [0.25, 0.3) is 5.91 Å². The molecular weight excluding hydrogens is 445 g/mol. The fourth-order valence-electron chi connectivity index (χ4n) is 2.41. The maximum atomic E-state index is 12.9. The maximum Gasteiger partial charge on any atom is 0.416 e. The lowest BCUT2D eigenvalue weighted by Crippen LogP contribution is -2.11. The summed E-state index contributed by atoms with van der Waals surface area (Å²) in [6.45, 7) is 1.65. The zero-order valence-corrected chi connectivity index (χ0v) is 16.2. The molecule has 0 saturated heterocycles. The fourth-order valence-corrected chi connectivity index (χ4v) is 3.73. The second-order valence-electron chi connectivity index (χ2n) is 5.63. The number of phenols is 1. The first-order valence-corrected chi connectivity index (χ1v) is 9.21. The van der Waals surface area contributed by atoms with Gasteiger partial charge in [-0.05, 0) is 42.8 Å². The number of anilines is 1. The van der Waals surface area contributed by atoms with Gasteiger partial charge in [0.15, 0.2) is 5.13 Å². The van der Waals surface area contributed by atoms with Crippen molar-refractivity contribution in [3.63, 3.8) is 0 Å². The van der Waals surface area contributed by atoms with Gasteiger partial charge in [-0.25, -0.2) is 4.98 Å². The molecule has 1 aromatic heterocycles. The monoisotopic (exact) mass is 456 g/mol. The average molecular weight is 457 g/mol. The van der Waals surface area contributed by atoms with Crippen LogP contribution in [0.15, 0.2) is 46.9 Å². The van der Waals surface area contributed by atoms with Crippen LogP contribution in [0, 0.1) is 6.92 Å². The number of alkyl halides is 3. The Morgan fingerprint density at radius 3 is 2.67 bits per heavy atom. The van der Waals surface area contributed by atoms with Crippen molar-refractivity contribution in [2.24, 2.45) is 0 Å². The predicted octanol–water partition coefficient (Wildman–Crippen LogP) is 5.86. The molecule has 0 unspecified atom stereocenters.